The van der Waals surface area contributed by atoms with Crippen LogP contribution in [0.25, 0.3) is 0 Å². The van der Waals surface area contributed by atoms with Crippen molar-refractivity contribution in [3.05, 3.63) is 11.6 Å². The zero-order chi connectivity index (χ0) is 19.7. The lowest BCUT2D eigenvalue weighted by molar-refractivity contribution is -0.294. The molecular formula is C25H38O3. The number of aliphatic hydroxyl groups excluding tert-OH is 1. The van der Waals surface area contributed by atoms with Crippen molar-refractivity contribution in [1.82, 2.24) is 0 Å². The Bertz CT molecular complexity index is 746. The molecule has 3 nitrogen and oxygen atoms in total. The van der Waals surface area contributed by atoms with E-state index in [4.69, 9.17) is 9.47 Å². The van der Waals surface area contributed by atoms with Gasteiger partial charge >= 0.3 is 0 Å². The number of aliphatic hydroxyl groups is 1. The van der Waals surface area contributed by atoms with Gasteiger partial charge in [-0.2, -0.15) is 0 Å². The molecule has 11 atom stereocenters. The Morgan fingerprint density at radius 3 is 2.71 bits per heavy atom. The van der Waals surface area contributed by atoms with Gasteiger partial charge in [-0.05, 0) is 81.0 Å². The molecule has 28 heavy (non-hydrogen) atoms. The number of rotatable bonds is 3. The van der Waals surface area contributed by atoms with E-state index in [1.165, 1.54) is 25.7 Å². The number of hydrogen-bond acceptors (Lipinski definition) is 3. The van der Waals surface area contributed by atoms with Crippen LogP contribution in [0.4, 0.5) is 0 Å². The highest BCUT2D eigenvalue weighted by molar-refractivity contribution is 5.45. The number of ether oxygens (including phenoxy) is 2. The van der Waals surface area contributed by atoms with Crippen LogP contribution in [0.15, 0.2) is 11.6 Å². The van der Waals surface area contributed by atoms with Crippen LogP contribution >= 0.6 is 0 Å². The average molecular weight is 387 g/mol. The maximum Gasteiger partial charge on any atom is 0.0823 e. The van der Waals surface area contributed by atoms with Crippen molar-refractivity contribution in [3.63, 3.8) is 0 Å². The number of fused-ring (bicyclic) bond motifs is 7. The molecule has 156 valence electrons. The molecule has 4 saturated carbocycles. The summed E-state index contributed by atoms with van der Waals surface area (Å²) in [6, 6.07) is 0. The molecule has 0 aromatic heterocycles. The maximum absolute atomic E-state index is 10.2. The molecule has 0 amide bonds. The molecule has 0 radical (unpaired) electrons. The molecule has 6 rings (SSSR count). The van der Waals surface area contributed by atoms with Gasteiger partial charge in [0.15, 0.2) is 0 Å². The molecule has 1 spiro atoms. The summed E-state index contributed by atoms with van der Waals surface area (Å²) in [4.78, 5) is 0. The molecule has 5 fully saturated rings. The standard InChI is InChI=1S/C25H38O3/c1-14(27-5)13-24(4)21-20-23(3)11-9-18-17(19(23)25(20,21)28-24)7-6-15-12-16(26)8-10-22(15,18)2/h6,14,16-21,26H,7-13H2,1-5H3/t14?,16?,17?,18?,19?,20?,21?,22-,23?,24?,25?/m0/s1. The van der Waals surface area contributed by atoms with Gasteiger partial charge in [0, 0.05) is 25.4 Å². The Morgan fingerprint density at radius 1 is 1.18 bits per heavy atom. The smallest absolute Gasteiger partial charge is 0.0823 e. The molecule has 3 heteroatoms. The van der Waals surface area contributed by atoms with Gasteiger partial charge in [0.25, 0.3) is 0 Å². The average Bonchev–Trinajstić information content (AvgIpc) is 3.19. The molecule has 5 aliphatic carbocycles. The van der Waals surface area contributed by atoms with Crippen molar-refractivity contribution in [2.24, 2.45) is 40.4 Å². The summed E-state index contributed by atoms with van der Waals surface area (Å²) in [5, 5.41) is 10.2. The largest absolute Gasteiger partial charge is 0.393 e. The van der Waals surface area contributed by atoms with E-state index < -0.39 is 0 Å². The van der Waals surface area contributed by atoms with Crippen molar-refractivity contribution in [3.8, 4) is 0 Å². The zero-order valence-electron chi connectivity index (χ0n) is 18.3. The van der Waals surface area contributed by atoms with Crippen molar-refractivity contribution in [1.29, 1.82) is 0 Å². The molecule has 1 heterocycles. The first kappa shape index (κ1) is 18.4. The van der Waals surface area contributed by atoms with Gasteiger partial charge in [-0.25, -0.2) is 0 Å². The zero-order valence-corrected chi connectivity index (χ0v) is 18.3. The minimum absolute atomic E-state index is 0.0322. The monoisotopic (exact) mass is 386 g/mol. The minimum Gasteiger partial charge on any atom is -0.393 e. The van der Waals surface area contributed by atoms with Gasteiger partial charge < -0.3 is 14.6 Å². The summed E-state index contributed by atoms with van der Waals surface area (Å²) >= 11 is 0. The summed E-state index contributed by atoms with van der Waals surface area (Å²) < 4.78 is 12.5. The van der Waals surface area contributed by atoms with E-state index in [-0.39, 0.29) is 23.4 Å². The maximum atomic E-state index is 10.2. The van der Waals surface area contributed by atoms with Gasteiger partial charge in [-0.3, -0.25) is 0 Å². The van der Waals surface area contributed by atoms with E-state index >= 15 is 0 Å². The number of allylic oxidation sites excluding steroid dienone is 1. The molecule has 6 aliphatic rings. The van der Waals surface area contributed by atoms with E-state index in [9.17, 15) is 5.11 Å². The topological polar surface area (TPSA) is 38.7 Å². The van der Waals surface area contributed by atoms with Crippen molar-refractivity contribution in [2.45, 2.75) is 96.1 Å². The highest BCUT2D eigenvalue weighted by Gasteiger charge is 2.97. The van der Waals surface area contributed by atoms with Crippen LogP contribution in [0.3, 0.4) is 0 Å². The van der Waals surface area contributed by atoms with E-state index in [0.717, 1.165) is 48.9 Å². The summed E-state index contributed by atoms with van der Waals surface area (Å²) in [6.07, 6.45) is 10.8. The summed E-state index contributed by atoms with van der Waals surface area (Å²) in [5.41, 5.74) is 2.65. The minimum atomic E-state index is -0.109. The Hall–Kier alpha value is -0.380. The van der Waals surface area contributed by atoms with Crippen molar-refractivity contribution in [2.75, 3.05) is 7.11 Å². The van der Waals surface area contributed by atoms with Crippen molar-refractivity contribution >= 4 is 0 Å². The third kappa shape index (κ3) is 1.85. The fraction of sp³-hybridized carbons (Fsp3) is 0.920. The van der Waals surface area contributed by atoms with Crippen LogP contribution in [-0.4, -0.2) is 35.6 Å². The lowest BCUT2D eigenvalue weighted by atomic mass is 9.41. The van der Waals surface area contributed by atoms with Gasteiger partial charge in [-0.1, -0.05) is 25.5 Å². The molecule has 1 N–H and O–H groups in total. The Kier molecular flexibility index (Phi) is 3.46. The predicted molar refractivity (Wildman–Crippen MR) is 109 cm³/mol. The highest BCUT2D eigenvalue weighted by atomic mass is 16.6. The van der Waals surface area contributed by atoms with Gasteiger partial charge in [0.05, 0.1) is 23.4 Å². The summed E-state index contributed by atoms with van der Waals surface area (Å²) in [5.74, 6) is 3.89. The highest BCUT2D eigenvalue weighted by Crippen LogP contribution is 2.92. The van der Waals surface area contributed by atoms with Crippen LogP contribution < -0.4 is 0 Å². The van der Waals surface area contributed by atoms with Crippen LogP contribution in [0.5, 0.6) is 0 Å². The van der Waals surface area contributed by atoms with Gasteiger partial charge in [0.1, 0.15) is 0 Å². The summed E-state index contributed by atoms with van der Waals surface area (Å²) in [7, 11) is 1.82. The SMILES string of the molecule is COC(C)CC1(C)OC23C1C2C1(C)CCC2C(CC=C4CC(O)CC[C@@]42C)C13. The van der Waals surface area contributed by atoms with Gasteiger partial charge in [0.2, 0.25) is 0 Å². The lowest BCUT2D eigenvalue weighted by Gasteiger charge is -2.66. The fourth-order valence-corrected chi connectivity index (χ4v) is 9.91. The quantitative estimate of drug-likeness (QED) is 0.713. The summed E-state index contributed by atoms with van der Waals surface area (Å²) in [6.45, 7) is 9.65. The molecule has 0 aromatic carbocycles. The van der Waals surface area contributed by atoms with E-state index in [2.05, 4.69) is 33.8 Å². The third-order valence-electron chi connectivity index (χ3n) is 10.8. The molecule has 1 saturated heterocycles. The first-order chi connectivity index (χ1) is 13.2. The van der Waals surface area contributed by atoms with Crippen LogP contribution in [0.2, 0.25) is 0 Å². The van der Waals surface area contributed by atoms with E-state index in [1.54, 1.807) is 5.57 Å². The second kappa shape index (κ2) is 5.26. The Morgan fingerprint density at radius 2 is 1.96 bits per heavy atom. The molecule has 1 aliphatic heterocycles. The van der Waals surface area contributed by atoms with Crippen molar-refractivity contribution < 1.29 is 14.6 Å². The van der Waals surface area contributed by atoms with Gasteiger partial charge in [-0.15, -0.1) is 0 Å². The van der Waals surface area contributed by atoms with Crippen LogP contribution in [-0.2, 0) is 9.47 Å². The normalized spacial score (nSPS) is 61.9. The molecule has 0 aromatic rings. The Labute approximate surface area is 170 Å². The fourth-order valence-electron chi connectivity index (χ4n) is 9.91. The van der Waals surface area contributed by atoms with E-state index in [0.29, 0.717) is 10.8 Å². The third-order valence-corrected chi connectivity index (χ3v) is 10.8. The second-order valence-corrected chi connectivity index (χ2v) is 12.0. The number of hydrogen-bond donors (Lipinski definition) is 1. The molecule has 0 bridgehead atoms. The lowest BCUT2D eigenvalue weighted by Crippen LogP contribution is -2.67. The number of methoxy groups -OCH3 is 1. The van der Waals surface area contributed by atoms with Crippen LogP contribution in [0, 0.1) is 40.4 Å². The van der Waals surface area contributed by atoms with E-state index in [1.807, 2.05) is 7.11 Å². The first-order valence-electron chi connectivity index (χ1n) is 11.8. The molecule has 10 unspecified atom stereocenters. The predicted octanol–water partition coefficient (Wildman–Crippen LogP) is 4.73. The Balaban J connectivity index is 1.30. The second-order valence-electron chi connectivity index (χ2n) is 12.0. The molecular weight excluding hydrogens is 348 g/mol. The van der Waals surface area contributed by atoms with Crippen LogP contribution in [0.1, 0.15) is 72.6 Å². The first-order valence-corrected chi connectivity index (χ1v) is 11.8.